The first kappa shape index (κ1) is 17.2. The lowest BCUT2D eigenvalue weighted by Gasteiger charge is -2.13. The molecule has 1 aromatic heterocycles. The average Bonchev–Trinajstić information content (AvgIpc) is 2.59. The summed E-state index contributed by atoms with van der Waals surface area (Å²) in [5.74, 6) is 0.497. The van der Waals surface area contributed by atoms with Gasteiger partial charge in [-0.1, -0.05) is 15.9 Å². The van der Waals surface area contributed by atoms with E-state index in [0.717, 1.165) is 4.47 Å². The Bertz CT molecular complexity index is 975. The van der Waals surface area contributed by atoms with Gasteiger partial charge in [0.1, 0.15) is 5.75 Å². The molecule has 3 aromatic rings. The smallest absolute Gasteiger partial charge is 0.262 e. The standard InChI is InChI=1S/C17H14BrN3O3S/c18-12-3-9-15(10-4-12)25(23,24)21-16-2-1-11-19-17(16)20-13-5-7-14(22)8-6-13/h1-11,21-22H,(H,19,20). The summed E-state index contributed by atoms with van der Waals surface area (Å²) in [5, 5.41) is 12.4. The third-order valence-electron chi connectivity index (χ3n) is 3.31. The lowest BCUT2D eigenvalue weighted by atomic mass is 10.3. The number of phenolic OH excluding ortho intramolecular Hbond substituents is 1. The molecule has 0 saturated heterocycles. The van der Waals surface area contributed by atoms with Gasteiger partial charge in [0.2, 0.25) is 0 Å². The molecule has 1 heterocycles. The third-order valence-corrected chi connectivity index (χ3v) is 5.22. The minimum Gasteiger partial charge on any atom is -0.508 e. The van der Waals surface area contributed by atoms with Gasteiger partial charge in [-0.05, 0) is 60.7 Å². The molecule has 6 nitrogen and oxygen atoms in total. The highest BCUT2D eigenvalue weighted by atomic mass is 79.9. The largest absolute Gasteiger partial charge is 0.508 e. The number of pyridine rings is 1. The van der Waals surface area contributed by atoms with Crippen LogP contribution in [0.1, 0.15) is 0 Å². The van der Waals surface area contributed by atoms with Crippen LogP contribution >= 0.6 is 15.9 Å². The van der Waals surface area contributed by atoms with Gasteiger partial charge in [0.15, 0.2) is 5.82 Å². The van der Waals surface area contributed by atoms with Gasteiger partial charge in [0, 0.05) is 16.4 Å². The number of phenols is 1. The third kappa shape index (κ3) is 4.28. The van der Waals surface area contributed by atoms with E-state index >= 15 is 0 Å². The highest BCUT2D eigenvalue weighted by molar-refractivity contribution is 9.10. The first-order valence-electron chi connectivity index (χ1n) is 7.23. The summed E-state index contributed by atoms with van der Waals surface area (Å²) in [6.45, 7) is 0. The van der Waals surface area contributed by atoms with Crippen LogP contribution in [0.3, 0.4) is 0 Å². The molecule has 0 radical (unpaired) electrons. The van der Waals surface area contributed by atoms with Crippen LogP contribution in [-0.2, 0) is 10.0 Å². The van der Waals surface area contributed by atoms with Crippen molar-refractivity contribution in [3.63, 3.8) is 0 Å². The van der Waals surface area contributed by atoms with Gasteiger partial charge < -0.3 is 10.4 Å². The number of aromatic hydroxyl groups is 1. The maximum absolute atomic E-state index is 12.5. The van der Waals surface area contributed by atoms with E-state index in [1.54, 1.807) is 42.6 Å². The first-order valence-corrected chi connectivity index (χ1v) is 9.51. The molecule has 0 aliphatic carbocycles. The number of anilines is 3. The van der Waals surface area contributed by atoms with E-state index in [1.165, 1.54) is 24.3 Å². The Kier molecular flexibility index (Phi) is 4.91. The van der Waals surface area contributed by atoms with Gasteiger partial charge in [-0.25, -0.2) is 13.4 Å². The van der Waals surface area contributed by atoms with Crippen LogP contribution in [0.25, 0.3) is 0 Å². The average molecular weight is 420 g/mol. The molecule has 0 aliphatic rings. The van der Waals surface area contributed by atoms with Gasteiger partial charge in [-0.3, -0.25) is 4.72 Å². The van der Waals surface area contributed by atoms with Crippen molar-refractivity contribution < 1.29 is 13.5 Å². The number of hydrogen-bond acceptors (Lipinski definition) is 5. The summed E-state index contributed by atoms with van der Waals surface area (Å²) in [6, 6.07) is 16.0. The maximum Gasteiger partial charge on any atom is 0.262 e. The highest BCUT2D eigenvalue weighted by Crippen LogP contribution is 2.26. The van der Waals surface area contributed by atoms with Gasteiger partial charge in [-0.2, -0.15) is 0 Å². The highest BCUT2D eigenvalue weighted by Gasteiger charge is 2.16. The van der Waals surface area contributed by atoms with E-state index in [-0.39, 0.29) is 10.6 Å². The number of nitrogens with one attached hydrogen (secondary N) is 2. The van der Waals surface area contributed by atoms with Gasteiger partial charge in [0.25, 0.3) is 10.0 Å². The number of hydrogen-bond donors (Lipinski definition) is 3. The van der Waals surface area contributed by atoms with Crippen molar-refractivity contribution in [2.45, 2.75) is 4.90 Å². The van der Waals surface area contributed by atoms with Gasteiger partial charge >= 0.3 is 0 Å². The van der Waals surface area contributed by atoms with Gasteiger partial charge in [-0.15, -0.1) is 0 Å². The van der Waals surface area contributed by atoms with Crippen molar-refractivity contribution in [2.24, 2.45) is 0 Å². The van der Waals surface area contributed by atoms with E-state index in [1.807, 2.05) is 0 Å². The molecule has 0 fully saturated rings. The van der Waals surface area contributed by atoms with Crippen LogP contribution in [0.2, 0.25) is 0 Å². The number of halogens is 1. The molecule has 3 rings (SSSR count). The fraction of sp³-hybridized carbons (Fsp3) is 0. The molecule has 8 heteroatoms. The Morgan fingerprint density at radius 3 is 2.32 bits per heavy atom. The Morgan fingerprint density at radius 2 is 1.64 bits per heavy atom. The fourth-order valence-electron chi connectivity index (χ4n) is 2.09. The zero-order valence-electron chi connectivity index (χ0n) is 12.8. The summed E-state index contributed by atoms with van der Waals surface area (Å²) in [5.41, 5.74) is 0.985. The monoisotopic (exact) mass is 419 g/mol. The number of benzene rings is 2. The lowest BCUT2D eigenvalue weighted by Crippen LogP contribution is -2.14. The predicted molar refractivity (Wildman–Crippen MR) is 101 cm³/mol. The van der Waals surface area contributed by atoms with Crippen molar-refractivity contribution in [1.29, 1.82) is 0 Å². The summed E-state index contributed by atoms with van der Waals surface area (Å²) in [7, 11) is -3.74. The van der Waals surface area contributed by atoms with Crippen LogP contribution < -0.4 is 10.0 Å². The van der Waals surface area contributed by atoms with Crippen molar-refractivity contribution >= 4 is 43.1 Å². The van der Waals surface area contributed by atoms with E-state index in [9.17, 15) is 13.5 Å². The minimum absolute atomic E-state index is 0.141. The molecule has 0 bridgehead atoms. The molecular weight excluding hydrogens is 406 g/mol. The Hall–Kier alpha value is -2.58. The van der Waals surface area contributed by atoms with Crippen molar-refractivity contribution in [3.8, 4) is 5.75 Å². The molecule has 128 valence electrons. The molecule has 0 atom stereocenters. The Morgan fingerprint density at radius 1 is 0.960 bits per heavy atom. The second-order valence-corrected chi connectivity index (χ2v) is 7.73. The number of aromatic nitrogens is 1. The van der Waals surface area contributed by atoms with Crippen LogP contribution in [0.4, 0.5) is 17.2 Å². The fourth-order valence-corrected chi connectivity index (χ4v) is 3.42. The normalized spacial score (nSPS) is 11.1. The van der Waals surface area contributed by atoms with E-state index in [4.69, 9.17) is 0 Å². The molecular formula is C17H14BrN3O3S. The minimum atomic E-state index is -3.74. The van der Waals surface area contributed by atoms with Crippen LogP contribution in [-0.4, -0.2) is 18.5 Å². The molecule has 2 aromatic carbocycles. The molecule has 0 amide bonds. The van der Waals surface area contributed by atoms with Crippen LogP contribution in [0.5, 0.6) is 5.75 Å². The summed E-state index contributed by atoms with van der Waals surface area (Å²) >= 11 is 3.28. The van der Waals surface area contributed by atoms with Crippen LogP contribution in [0, 0.1) is 0 Å². The summed E-state index contributed by atoms with van der Waals surface area (Å²) in [6.07, 6.45) is 1.56. The zero-order valence-corrected chi connectivity index (χ0v) is 15.3. The van der Waals surface area contributed by atoms with E-state index in [0.29, 0.717) is 17.2 Å². The lowest BCUT2D eigenvalue weighted by molar-refractivity contribution is 0.475. The second-order valence-electron chi connectivity index (χ2n) is 5.13. The molecule has 0 unspecified atom stereocenters. The summed E-state index contributed by atoms with van der Waals surface area (Å²) < 4.78 is 28.4. The molecule has 0 spiro atoms. The maximum atomic E-state index is 12.5. The predicted octanol–water partition coefficient (Wildman–Crippen LogP) is 4.09. The summed E-state index contributed by atoms with van der Waals surface area (Å²) in [4.78, 5) is 4.33. The molecule has 3 N–H and O–H groups in total. The Labute approximate surface area is 153 Å². The second kappa shape index (κ2) is 7.12. The van der Waals surface area contributed by atoms with Crippen LogP contribution in [0.15, 0.2) is 76.2 Å². The van der Waals surface area contributed by atoms with E-state index in [2.05, 4.69) is 31.0 Å². The Balaban J connectivity index is 1.87. The molecule has 25 heavy (non-hydrogen) atoms. The number of rotatable bonds is 5. The molecule has 0 saturated carbocycles. The number of nitrogens with zero attached hydrogens (tertiary/aromatic N) is 1. The topological polar surface area (TPSA) is 91.3 Å². The van der Waals surface area contributed by atoms with E-state index < -0.39 is 10.0 Å². The first-order chi connectivity index (χ1) is 11.9. The number of sulfonamides is 1. The zero-order chi connectivity index (χ0) is 17.9. The SMILES string of the molecule is O=S(=O)(Nc1cccnc1Nc1ccc(O)cc1)c1ccc(Br)cc1. The van der Waals surface area contributed by atoms with Gasteiger partial charge in [0.05, 0.1) is 10.6 Å². The van der Waals surface area contributed by atoms with Crippen molar-refractivity contribution in [3.05, 3.63) is 71.3 Å². The quantitative estimate of drug-likeness (QED) is 0.541. The van der Waals surface area contributed by atoms with Crippen molar-refractivity contribution in [1.82, 2.24) is 4.98 Å². The molecule has 0 aliphatic heterocycles. The van der Waals surface area contributed by atoms with Crippen molar-refractivity contribution in [2.75, 3.05) is 10.0 Å².